The molecule has 4 aromatic carbocycles. The van der Waals surface area contributed by atoms with E-state index in [9.17, 15) is 4.39 Å². The first-order chi connectivity index (χ1) is 15.8. The molecule has 0 N–H and O–H groups in total. The van der Waals surface area contributed by atoms with Crippen LogP contribution >= 0.6 is 0 Å². The number of nitrogens with zero attached hydrogens (tertiary/aromatic N) is 3. The molecule has 6 aromatic rings. The van der Waals surface area contributed by atoms with E-state index in [2.05, 4.69) is 9.97 Å². The molecule has 0 aliphatic rings. The third-order valence-electron chi connectivity index (χ3n) is 5.42. The van der Waals surface area contributed by atoms with Crippen LogP contribution in [0.25, 0.3) is 56.1 Å². The van der Waals surface area contributed by atoms with Crippen molar-refractivity contribution in [3.05, 3.63) is 103 Å². The lowest BCUT2D eigenvalue weighted by atomic mass is 10.1. The van der Waals surface area contributed by atoms with Gasteiger partial charge in [0.25, 0.3) is 0 Å². The van der Waals surface area contributed by atoms with Gasteiger partial charge in [-0.2, -0.15) is 0 Å². The van der Waals surface area contributed by atoms with Crippen LogP contribution < -0.4 is 0 Å². The van der Waals surface area contributed by atoms with Crippen molar-refractivity contribution in [1.29, 1.82) is 0 Å². The number of halogens is 1. The largest absolute Gasteiger partial charge is 0.456 e. The van der Waals surface area contributed by atoms with E-state index in [-0.39, 0.29) is 11.6 Å². The standard InChI is InChI=1S/C27H16FN3O/c28-22-12-6-4-11-21(22)27-30-25(17-8-2-1-3-9-17)29-26(31-27)18-14-15-20-19-10-5-7-13-23(19)32-24(20)16-18/h1-16H. The normalized spacial score (nSPS) is 11.3. The first-order valence-electron chi connectivity index (χ1n) is 10.2. The van der Waals surface area contributed by atoms with Gasteiger partial charge in [-0.15, -0.1) is 0 Å². The van der Waals surface area contributed by atoms with Crippen LogP contribution in [0.2, 0.25) is 0 Å². The van der Waals surface area contributed by atoms with Gasteiger partial charge in [0.1, 0.15) is 17.0 Å². The van der Waals surface area contributed by atoms with Crippen LogP contribution in [-0.4, -0.2) is 15.0 Å². The minimum atomic E-state index is -0.378. The lowest BCUT2D eigenvalue weighted by Crippen LogP contribution is -2.01. The third-order valence-corrected chi connectivity index (χ3v) is 5.42. The molecule has 32 heavy (non-hydrogen) atoms. The molecule has 0 spiro atoms. The summed E-state index contributed by atoms with van der Waals surface area (Å²) in [6.07, 6.45) is 0. The van der Waals surface area contributed by atoms with Gasteiger partial charge in [0.05, 0.1) is 5.56 Å². The average molecular weight is 417 g/mol. The van der Waals surface area contributed by atoms with Crippen LogP contribution in [0, 0.1) is 5.82 Å². The Bertz CT molecular complexity index is 1590. The summed E-state index contributed by atoms with van der Waals surface area (Å²) in [7, 11) is 0. The Labute approximate surface area is 183 Å². The van der Waals surface area contributed by atoms with Gasteiger partial charge < -0.3 is 4.42 Å². The quantitative estimate of drug-likeness (QED) is 0.314. The van der Waals surface area contributed by atoms with Gasteiger partial charge in [0, 0.05) is 21.9 Å². The maximum atomic E-state index is 14.6. The predicted molar refractivity (Wildman–Crippen MR) is 123 cm³/mol. The molecule has 0 aliphatic heterocycles. The Morgan fingerprint density at radius 2 is 1.19 bits per heavy atom. The van der Waals surface area contributed by atoms with Crippen LogP contribution in [-0.2, 0) is 0 Å². The summed E-state index contributed by atoms with van der Waals surface area (Å²) in [4.78, 5) is 13.9. The highest BCUT2D eigenvalue weighted by molar-refractivity contribution is 6.05. The summed E-state index contributed by atoms with van der Waals surface area (Å²) in [5.74, 6) is 0.853. The van der Waals surface area contributed by atoms with Crippen LogP contribution in [0.1, 0.15) is 0 Å². The van der Waals surface area contributed by atoms with E-state index < -0.39 is 0 Å². The molecule has 4 nitrogen and oxygen atoms in total. The van der Waals surface area contributed by atoms with Crippen LogP contribution in [0.15, 0.2) is 101 Å². The average Bonchev–Trinajstić information content (AvgIpc) is 3.22. The zero-order valence-electron chi connectivity index (χ0n) is 16.9. The summed E-state index contributed by atoms with van der Waals surface area (Å²) in [5.41, 5.74) is 3.51. The molecule has 0 atom stereocenters. The van der Waals surface area contributed by atoms with Crippen molar-refractivity contribution in [3.63, 3.8) is 0 Å². The van der Waals surface area contributed by atoms with Crippen molar-refractivity contribution in [2.45, 2.75) is 0 Å². The molecule has 0 radical (unpaired) electrons. The molecule has 0 bridgehead atoms. The van der Waals surface area contributed by atoms with E-state index >= 15 is 0 Å². The van der Waals surface area contributed by atoms with Crippen LogP contribution in [0.4, 0.5) is 4.39 Å². The fraction of sp³-hybridized carbons (Fsp3) is 0. The Kier molecular flexibility index (Phi) is 4.25. The molecule has 0 unspecified atom stereocenters. The maximum absolute atomic E-state index is 14.6. The number of para-hydroxylation sites is 1. The molecule has 0 saturated carbocycles. The van der Waals surface area contributed by atoms with E-state index in [1.165, 1.54) is 6.07 Å². The summed E-state index contributed by atoms with van der Waals surface area (Å²) < 4.78 is 20.6. The van der Waals surface area contributed by atoms with Crippen LogP contribution in [0.5, 0.6) is 0 Å². The van der Waals surface area contributed by atoms with E-state index in [1.807, 2.05) is 72.8 Å². The van der Waals surface area contributed by atoms with E-state index in [4.69, 9.17) is 9.40 Å². The fourth-order valence-electron chi connectivity index (χ4n) is 3.85. The SMILES string of the molecule is Fc1ccccc1-c1nc(-c2ccccc2)nc(-c2ccc3c(c2)oc2ccccc23)n1. The second-order valence-electron chi connectivity index (χ2n) is 7.46. The predicted octanol–water partition coefficient (Wildman–Crippen LogP) is 6.91. The first kappa shape index (κ1) is 18.4. The Balaban J connectivity index is 1.57. The zero-order chi connectivity index (χ0) is 21.5. The fourth-order valence-corrected chi connectivity index (χ4v) is 3.85. The van der Waals surface area contributed by atoms with Gasteiger partial charge in [-0.1, -0.05) is 66.7 Å². The number of aromatic nitrogens is 3. The molecule has 5 heteroatoms. The minimum absolute atomic E-state index is 0.289. The minimum Gasteiger partial charge on any atom is -0.456 e. The number of furan rings is 1. The lowest BCUT2D eigenvalue weighted by Gasteiger charge is -2.09. The second-order valence-corrected chi connectivity index (χ2v) is 7.46. The van der Waals surface area contributed by atoms with Crippen molar-refractivity contribution >= 4 is 21.9 Å². The maximum Gasteiger partial charge on any atom is 0.167 e. The van der Waals surface area contributed by atoms with Gasteiger partial charge in [-0.3, -0.25) is 0 Å². The summed E-state index contributed by atoms with van der Waals surface area (Å²) in [6.45, 7) is 0. The van der Waals surface area contributed by atoms with Crippen LogP contribution in [0.3, 0.4) is 0 Å². The number of hydrogen-bond acceptors (Lipinski definition) is 4. The second kappa shape index (κ2) is 7.39. The van der Waals surface area contributed by atoms with Gasteiger partial charge in [-0.05, 0) is 30.3 Å². The van der Waals surface area contributed by atoms with Gasteiger partial charge in [0.15, 0.2) is 17.5 Å². The van der Waals surface area contributed by atoms with Gasteiger partial charge in [0.2, 0.25) is 0 Å². The summed E-state index contributed by atoms with van der Waals surface area (Å²) in [6, 6.07) is 29.9. The van der Waals surface area contributed by atoms with Gasteiger partial charge >= 0.3 is 0 Å². The molecule has 6 rings (SSSR count). The monoisotopic (exact) mass is 417 g/mol. The Morgan fingerprint density at radius 3 is 2.03 bits per heavy atom. The third kappa shape index (κ3) is 3.11. The lowest BCUT2D eigenvalue weighted by molar-refractivity contribution is 0.630. The molecule has 152 valence electrons. The van der Waals surface area contributed by atoms with Crippen molar-refractivity contribution in [2.24, 2.45) is 0 Å². The zero-order valence-corrected chi connectivity index (χ0v) is 16.9. The summed E-state index contributed by atoms with van der Waals surface area (Å²) >= 11 is 0. The Hall–Kier alpha value is -4.38. The topological polar surface area (TPSA) is 51.8 Å². The van der Waals surface area contributed by atoms with Crippen molar-refractivity contribution < 1.29 is 8.81 Å². The van der Waals surface area contributed by atoms with E-state index in [1.54, 1.807) is 18.2 Å². The molecule has 2 heterocycles. The number of rotatable bonds is 3. The van der Waals surface area contributed by atoms with Gasteiger partial charge in [-0.25, -0.2) is 19.3 Å². The molecular formula is C27H16FN3O. The molecule has 0 fully saturated rings. The van der Waals surface area contributed by atoms with Crippen molar-refractivity contribution in [3.8, 4) is 34.2 Å². The summed E-state index contributed by atoms with van der Waals surface area (Å²) in [5, 5.41) is 2.08. The molecule has 2 aromatic heterocycles. The highest BCUT2D eigenvalue weighted by Crippen LogP contribution is 2.32. The highest BCUT2D eigenvalue weighted by atomic mass is 19.1. The smallest absolute Gasteiger partial charge is 0.167 e. The molecule has 0 amide bonds. The van der Waals surface area contributed by atoms with Crippen molar-refractivity contribution in [1.82, 2.24) is 15.0 Å². The molecular weight excluding hydrogens is 401 g/mol. The highest BCUT2D eigenvalue weighted by Gasteiger charge is 2.16. The first-order valence-corrected chi connectivity index (χ1v) is 10.2. The molecule has 0 saturated heterocycles. The number of hydrogen-bond donors (Lipinski definition) is 0. The number of benzene rings is 4. The van der Waals surface area contributed by atoms with E-state index in [0.717, 1.165) is 33.1 Å². The Morgan fingerprint density at radius 1 is 0.531 bits per heavy atom. The van der Waals surface area contributed by atoms with Crippen molar-refractivity contribution in [2.75, 3.05) is 0 Å². The number of fused-ring (bicyclic) bond motifs is 3. The molecule has 0 aliphatic carbocycles. The van der Waals surface area contributed by atoms with E-state index in [0.29, 0.717) is 17.2 Å².